The van der Waals surface area contributed by atoms with Crippen LogP contribution in [0, 0.1) is 0 Å². The van der Waals surface area contributed by atoms with Gasteiger partial charge in [-0.25, -0.2) is 9.97 Å². The van der Waals surface area contributed by atoms with E-state index in [9.17, 15) is 0 Å². The van der Waals surface area contributed by atoms with Gasteiger partial charge in [-0.2, -0.15) is 0 Å². The Morgan fingerprint density at radius 2 is 0.898 bits per heavy atom. The van der Waals surface area contributed by atoms with Crippen LogP contribution in [0.1, 0.15) is 0 Å². The molecular formula is C46H31N3. The lowest BCUT2D eigenvalue weighted by molar-refractivity contribution is 1.29. The Kier molecular flexibility index (Phi) is 7.14. The molecule has 0 aliphatic heterocycles. The first-order chi connectivity index (χ1) is 24.3. The van der Waals surface area contributed by atoms with Gasteiger partial charge in [-0.05, 0) is 58.1 Å². The van der Waals surface area contributed by atoms with Gasteiger partial charge in [-0.3, -0.25) is 0 Å². The standard InChI is InChI=1S/C46H31N3/c1-4-15-33(16-5-1)40-22-12-13-23-43(40)49(38-26-24-32-14-10-11-21-36(32)30-38)39-27-28-41-37(31-39)25-29-42-46(41)48-45(35-19-8-3-9-20-35)44(47-42)34-17-6-2-7-18-34/h1-31H. The molecule has 0 saturated heterocycles. The third-order valence-electron chi connectivity index (χ3n) is 9.21. The van der Waals surface area contributed by atoms with Gasteiger partial charge < -0.3 is 4.90 Å². The molecule has 0 unspecified atom stereocenters. The van der Waals surface area contributed by atoms with Crippen LogP contribution in [0.3, 0.4) is 0 Å². The smallest absolute Gasteiger partial charge is 0.0973 e. The van der Waals surface area contributed by atoms with Crippen LogP contribution in [-0.2, 0) is 0 Å². The molecule has 0 fully saturated rings. The lowest BCUT2D eigenvalue weighted by Gasteiger charge is -2.28. The second-order valence-corrected chi connectivity index (χ2v) is 12.2. The summed E-state index contributed by atoms with van der Waals surface area (Å²) in [5.41, 5.74) is 11.3. The number of hydrogen-bond donors (Lipinski definition) is 0. The number of rotatable bonds is 6. The molecule has 0 aliphatic rings. The van der Waals surface area contributed by atoms with Crippen LogP contribution in [0.4, 0.5) is 17.1 Å². The molecule has 3 heteroatoms. The normalized spacial score (nSPS) is 11.3. The van der Waals surface area contributed by atoms with Crippen LogP contribution in [0.15, 0.2) is 188 Å². The Morgan fingerprint density at radius 3 is 1.61 bits per heavy atom. The van der Waals surface area contributed by atoms with Gasteiger partial charge in [0.05, 0.1) is 28.1 Å². The Labute approximate surface area is 285 Å². The number of anilines is 3. The van der Waals surface area contributed by atoms with Crippen molar-refractivity contribution >= 4 is 49.6 Å². The molecule has 49 heavy (non-hydrogen) atoms. The first-order valence-corrected chi connectivity index (χ1v) is 16.6. The third kappa shape index (κ3) is 5.28. The van der Waals surface area contributed by atoms with Crippen molar-refractivity contribution in [2.45, 2.75) is 0 Å². The van der Waals surface area contributed by atoms with Crippen LogP contribution in [0.5, 0.6) is 0 Å². The molecule has 0 amide bonds. The summed E-state index contributed by atoms with van der Waals surface area (Å²) in [6.45, 7) is 0. The molecule has 1 heterocycles. The van der Waals surface area contributed by atoms with Gasteiger partial charge in [0, 0.05) is 33.5 Å². The summed E-state index contributed by atoms with van der Waals surface area (Å²) in [6, 6.07) is 66.2. The zero-order valence-corrected chi connectivity index (χ0v) is 26.7. The fraction of sp³-hybridized carbons (Fsp3) is 0. The molecule has 0 atom stereocenters. The van der Waals surface area contributed by atoms with Crippen molar-refractivity contribution in [1.29, 1.82) is 0 Å². The van der Waals surface area contributed by atoms with E-state index in [-0.39, 0.29) is 0 Å². The summed E-state index contributed by atoms with van der Waals surface area (Å²) in [7, 11) is 0. The van der Waals surface area contributed by atoms with Crippen molar-refractivity contribution in [3.05, 3.63) is 188 Å². The van der Waals surface area contributed by atoms with Crippen molar-refractivity contribution in [2.75, 3.05) is 4.90 Å². The SMILES string of the molecule is c1ccc(-c2ccccc2N(c2ccc3ccccc3c2)c2ccc3c(ccc4nc(-c5ccccc5)c(-c5ccccc5)nc43)c2)cc1. The molecule has 0 saturated carbocycles. The number of benzene rings is 8. The first kappa shape index (κ1) is 28.6. The van der Waals surface area contributed by atoms with E-state index in [0.29, 0.717) is 0 Å². The monoisotopic (exact) mass is 625 g/mol. The van der Waals surface area contributed by atoms with Gasteiger partial charge in [-0.1, -0.05) is 152 Å². The maximum absolute atomic E-state index is 5.35. The zero-order valence-electron chi connectivity index (χ0n) is 26.7. The molecule has 0 spiro atoms. The predicted molar refractivity (Wildman–Crippen MR) is 206 cm³/mol. The summed E-state index contributed by atoms with van der Waals surface area (Å²) in [5, 5.41) is 4.59. The minimum Gasteiger partial charge on any atom is -0.310 e. The largest absolute Gasteiger partial charge is 0.310 e. The topological polar surface area (TPSA) is 29.0 Å². The number of nitrogens with zero attached hydrogens (tertiary/aromatic N) is 3. The van der Waals surface area contributed by atoms with Crippen molar-refractivity contribution in [2.24, 2.45) is 0 Å². The Balaban J connectivity index is 1.26. The highest BCUT2D eigenvalue weighted by atomic mass is 15.1. The fourth-order valence-electron chi connectivity index (χ4n) is 6.84. The minimum atomic E-state index is 0.875. The van der Waals surface area contributed by atoms with Gasteiger partial charge in [-0.15, -0.1) is 0 Å². The number of para-hydroxylation sites is 1. The molecular weight excluding hydrogens is 595 g/mol. The average molecular weight is 626 g/mol. The zero-order chi connectivity index (χ0) is 32.6. The van der Waals surface area contributed by atoms with Crippen molar-refractivity contribution in [3.63, 3.8) is 0 Å². The minimum absolute atomic E-state index is 0.875. The molecule has 8 aromatic carbocycles. The highest BCUT2D eigenvalue weighted by Gasteiger charge is 2.19. The second-order valence-electron chi connectivity index (χ2n) is 12.2. The van der Waals surface area contributed by atoms with Gasteiger partial charge in [0.15, 0.2) is 0 Å². The molecule has 0 N–H and O–H groups in total. The average Bonchev–Trinajstić information content (AvgIpc) is 3.18. The van der Waals surface area contributed by atoms with Crippen molar-refractivity contribution < 1.29 is 0 Å². The summed E-state index contributed by atoms with van der Waals surface area (Å²) < 4.78 is 0. The molecule has 0 bridgehead atoms. The summed E-state index contributed by atoms with van der Waals surface area (Å²) >= 11 is 0. The number of hydrogen-bond acceptors (Lipinski definition) is 3. The highest BCUT2D eigenvalue weighted by molar-refractivity contribution is 6.07. The van der Waals surface area contributed by atoms with Crippen LogP contribution in [-0.4, -0.2) is 9.97 Å². The van der Waals surface area contributed by atoms with Crippen LogP contribution in [0.25, 0.3) is 66.2 Å². The molecule has 0 aliphatic carbocycles. The molecule has 9 rings (SSSR count). The van der Waals surface area contributed by atoms with E-state index in [0.717, 1.165) is 61.4 Å². The molecule has 0 radical (unpaired) electrons. The van der Waals surface area contributed by atoms with E-state index in [1.807, 2.05) is 12.1 Å². The van der Waals surface area contributed by atoms with Gasteiger partial charge >= 0.3 is 0 Å². The van der Waals surface area contributed by atoms with E-state index >= 15 is 0 Å². The summed E-state index contributed by atoms with van der Waals surface area (Å²) in [4.78, 5) is 13.0. The van der Waals surface area contributed by atoms with E-state index in [1.165, 1.54) is 21.9 Å². The van der Waals surface area contributed by atoms with Crippen LogP contribution >= 0.6 is 0 Å². The summed E-state index contributed by atoms with van der Waals surface area (Å²) in [5.74, 6) is 0. The Bertz CT molecular complexity index is 2600. The quantitative estimate of drug-likeness (QED) is 0.172. The Hall–Kier alpha value is -6.58. The second kappa shape index (κ2) is 12.2. The van der Waals surface area contributed by atoms with Crippen molar-refractivity contribution in [3.8, 4) is 33.6 Å². The highest BCUT2D eigenvalue weighted by Crippen LogP contribution is 2.43. The van der Waals surface area contributed by atoms with Crippen LogP contribution < -0.4 is 4.90 Å². The van der Waals surface area contributed by atoms with Gasteiger partial charge in [0.25, 0.3) is 0 Å². The third-order valence-corrected chi connectivity index (χ3v) is 9.21. The molecule has 1 aromatic heterocycles. The molecule has 3 nitrogen and oxygen atoms in total. The maximum atomic E-state index is 5.35. The van der Waals surface area contributed by atoms with Crippen molar-refractivity contribution in [1.82, 2.24) is 9.97 Å². The maximum Gasteiger partial charge on any atom is 0.0973 e. The molecule has 9 aromatic rings. The lowest BCUT2D eigenvalue weighted by atomic mass is 10.00. The van der Waals surface area contributed by atoms with Gasteiger partial charge in [0.2, 0.25) is 0 Å². The Morgan fingerprint density at radius 1 is 0.367 bits per heavy atom. The van der Waals surface area contributed by atoms with E-state index < -0.39 is 0 Å². The predicted octanol–water partition coefficient (Wildman–Crippen LogP) is 12.4. The first-order valence-electron chi connectivity index (χ1n) is 16.6. The number of aromatic nitrogens is 2. The fourth-order valence-corrected chi connectivity index (χ4v) is 6.84. The van der Waals surface area contributed by atoms with Crippen LogP contribution in [0.2, 0.25) is 0 Å². The van der Waals surface area contributed by atoms with E-state index in [1.54, 1.807) is 0 Å². The number of fused-ring (bicyclic) bond motifs is 4. The summed E-state index contributed by atoms with van der Waals surface area (Å²) in [6.07, 6.45) is 0. The lowest BCUT2D eigenvalue weighted by Crippen LogP contribution is -2.11. The molecule has 230 valence electrons. The van der Waals surface area contributed by atoms with Gasteiger partial charge in [0.1, 0.15) is 0 Å². The van der Waals surface area contributed by atoms with E-state index in [2.05, 4.69) is 181 Å². The van der Waals surface area contributed by atoms with E-state index in [4.69, 9.17) is 9.97 Å².